The molecule has 2 aromatic heterocycles. The van der Waals surface area contributed by atoms with E-state index in [2.05, 4.69) is 25.6 Å². The third-order valence-electron chi connectivity index (χ3n) is 3.72. The molecule has 4 N–H and O–H groups in total. The Kier molecular flexibility index (Phi) is 3.53. The molecule has 0 spiro atoms. The number of primary amides is 1. The summed E-state index contributed by atoms with van der Waals surface area (Å²) in [6, 6.07) is 6.29. The van der Waals surface area contributed by atoms with Gasteiger partial charge in [0.1, 0.15) is 5.82 Å². The lowest BCUT2D eigenvalue weighted by Crippen LogP contribution is -2.17. The fraction of sp³-hybridized carbons (Fsp3) is 0.250. The first-order chi connectivity index (χ1) is 11.6. The van der Waals surface area contributed by atoms with Crippen molar-refractivity contribution in [2.45, 2.75) is 25.8 Å². The molecule has 0 aliphatic heterocycles. The third kappa shape index (κ3) is 3.00. The van der Waals surface area contributed by atoms with Gasteiger partial charge in [-0.1, -0.05) is 0 Å². The number of nitrogens with two attached hydrogens (primary N) is 1. The summed E-state index contributed by atoms with van der Waals surface area (Å²) in [6.07, 6.45) is 3.60. The van der Waals surface area contributed by atoms with Crippen LogP contribution in [0.1, 0.15) is 28.2 Å². The molecule has 4 rings (SSSR count). The minimum atomic E-state index is -0.538. The van der Waals surface area contributed by atoms with Crippen LogP contribution < -0.4 is 16.4 Å². The summed E-state index contributed by atoms with van der Waals surface area (Å²) < 4.78 is 1.14. The van der Waals surface area contributed by atoms with Crippen molar-refractivity contribution in [1.29, 1.82) is 0 Å². The van der Waals surface area contributed by atoms with Crippen molar-refractivity contribution in [2.24, 2.45) is 5.73 Å². The van der Waals surface area contributed by atoms with Gasteiger partial charge in [-0.15, -0.1) is 11.3 Å². The van der Waals surface area contributed by atoms with Crippen molar-refractivity contribution in [1.82, 2.24) is 15.0 Å². The van der Waals surface area contributed by atoms with E-state index in [1.165, 1.54) is 6.20 Å². The van der Waals surface area contributed by atoms with E-state index in [1.54, 1.807) is 11.3 Å². The van der Waals surface area contributed by atoms with Gasteiger partial charge in [0.05, 0.1) is 20.8 Å². The van der Waals surface area contributed by atoms with Crippen molar-refractivity contribution in [3.63, 3.8) is 0 Å². The van der Waals surface area contributed by atoms with E-state index in [0.29, 0.717) is 23.4 Å². The van der Waals surface area contributed by atoms with Crippen molar-refractivity contribution in [3.05, 3.63) is 35.0 Å². The highest BCUT2D eigenvalue weighted by Gasteiger charge is 2.24. The Balaban J connectivity index is 1.63. The summed E-state index contributed by atoms with van der Waals surface area (Å²) >= 11 is 1.66. The molecule has 24 heavy (non-hydrogen) atoms. The lowest BCUT2D eigenvalue weighted by molar-refractivity contribution is 0.100. The Morgan fingerprint density at radius 2 is 2.17 bits per heavy atom. The zero-order chi connectivity index (χ0) is 16.7. The van der Waals surface area contributed by atoms with Gasteiger partial charge >= 0.3 is 0 Å². The van der Waals surface area contributed by atoms with Gasteiger partial charge in [0.2, 0.25) is 5.95 Å². The van der Waals surface area contributed by atoms with Crippen LogP contribution in [0.15, 0.2) is 24.4 Å². The SMILES string of the molecule is Cc1nc2cc(Nc3ncc(C(N)=O)c(NC4CC4)n3)ccc2s1. The van der Waals surface area contributed by atoms with Crippen LogP contribution in [0.3, 0.4) is 0 Å². The number of carbonyl (C=O) groups is 1. The van der Waals surface area contributed by atoms with Gasteiger partial charge in [0.25, 0.3) is 5.91 Å². The monoisotopic (exact) mass is 340 g/mol. The van der Waals surface area contributed by atoms with Crippen molar-refractivity contribution >= 4 is 44.9 Å². The molecular weight excluding hydrogens is 324 g/mol. The van der Waals surface area contributed by atoms with E-state index >= 15 is 0 Å². The maximum absolute atomic E-state index is 11.5. The summed E-state index contributed by atoms with van der Waals surface area (Å²) in [6.45, 7) is 1.99. The molecule has 1 aliphatic carbocycles. The van der Waals surface area contributed by atoms with Crippen LogP contribution in [0.4, 0.5) is 17.5 Å². The molecule has 0 radical (unpaired) electrons. The molecule has 0 unspecified atom stereocenters. The van der Waals surface area contributed by atoms with Crippen molar-refractivity contribution in [2.75, 3.05) is 10.6 Å². The van der Waals surface area contributed by atoms with Crippen LogP contribution in [-0.4, -0.2) is 26.9 Å². The standard InChI is InChI=1S/C16H16N6OS/c1-8-19-12-6-10(4-5-13(12)24-8)21-16-18-7-11(14(17)23)15(22-16)20-9-2-3-9/h4-7,9H,2-3H2,1H3,(H2,17,23)(H2,18,20,21,22). The van der Waals surface area contributed by atoms with E-state index in [4.69, 9.17) is 5.73 Å². The van der Waals surface area contributed by atoms with Crippen LogP contribution in [0.2, 0.25) is 0 Å². The fourth-order valence-corrected chi connectivity index (χ4v) is 3.21. The molecule has 1 fully saturated rings. The Hall–Kier alpha value is -2.74. The summed E-state index contributed by atoms with van der Waals surface area (Å²) in [5.41, 5.74) is 7.48. The highest BCUT2D eigenvalue weighted by atomic mass is 32.1. The van der Waals surface area contributed by atoms with Crippen LogP contribution >= 0.6 is 11.3 Å². The molecule has 1 aliphatic rings. The number of thiazole rings is 1. The van der Waals surface area contributed by atoms with Crippen molar-refractivity contribution in [3.8, 4) is 0 Å². The predicted octanol–water partition coefficient (Wildman–Crippen LogP) is 2.81. The Morgan fingerprint density at radius 3 is 2.92 bits per heavy atom. The lowest BCUT2D eigenvalue weighted by Gasteiger charge is -2.10. The van der Waals surface area contributed by atoms with Crippen molar-refractivity contribution < 1.29 is 4.79 Å². The number of fused-ring (bicyclic) bond motifs is 1. The zero-order valence-electron chi connectivity index (χ0n) is 13.0. The Labute approximate surface area is 142 Å². The predicted molar refractivity (Wildman–Crippen MR) is 94.8 cm³/mol. The van der Waals surface area contributed by atoms with Gasteiger partial charge in [0.15, 0.2) is 0 Å². The maximum Gasteiger partial charge on any atom is 0.254 e. The Morgan fingerprint density at radius 1 is 1.33 bits per heavy atom. The smallest absolute Gasteiger partial charge is 0.254 e. The number of amides is 1. The van der Waals surface area contributed by atoms with E-state index in [1.807, 2.05) is 25.1 Å². The highest BCUT2D eigenvalue weighted by Crippen LogP contribution is 2.28. The molecule has 0 saturated heterocycles. The van der Waals surface area contributed by atoms with Gasteiger partial charge < -0.3 is 16.4 Å². The topological polar surface area (TPSA) is 106 Å². The molecule has 0 bridgehead atoms. The number of aryl methyl sites for hydroxylation is 1. The van der Waals surface area contributed by atoms with Gasteiger partial charge in [-0.2, -0.15) is 4.98 Å². The summed E-state index contributed by atoms with van der Waals surface area (Å²) in [5, 5.41) is 7.41. The van der Waals surface area contributed by atoms with Crippen LogP contribution in [0.5, 0.6) is 0 Å². The first-order valence-electron chi connectivity index (χ1n) is 7.66. The molecule has 1 aromatic carbocycles. The number of benzene rings is 1. The molecule has 122 valence electrons. The summed E-state index contributed by atoms with van der Waals surface area (Å²) in [4.78, 5) is 24.6. The van der Waals surface area contributed by atoms with E-state index in [0.717, 1.165) is 33.8 Å². The molecule has 2 heterocycles. The summed E-state index contributed by atoms with van der Waals surface area (Å²) in [7, 11) is 0. The van der Waals surface area contributed by atoms with Crippen LogP contribution in [0.25, 0.3) is 10.2 Å². The van der Waals surface area contributed by atoms with Crippen LogP contribution in [0, 0.1) is 6.92 Å². The Bertz CT molecular complexity index is 933. The molecule has 8 heteroatoms. The normalized spacial score (nSPS) is 13.9. The van der Waals surface area contributed by atoms with Gasteiger partial charge in [-0.25, -0.2) is 9.97 Å². The zero-order valence-corrected chi connectivity index (χ0v) is 13.9. The van der Waals surface area contributed by atoms with Gasteiger partial charge in [0, 0.05) is 17.9 Å². The highest BCUT2D eigenvalue weighted by molar-refractivity contribution is 7.18. The third-order valence-corrected chi connectivity index (χ3v) is 4.67. The first-order valence-corrected chi connectivity index (χ1v) is 8.48. The van der Waals surface area contributed by atoms with Gasteiger partial charge in [-0.05, 0) is 38.0 Å². The number of anilines is 3. The second-order valence-corrected chi connectivity index (χ2v) is 7.01. The largest absolute Gasteiger partial charge is 0.367 e. The second-order valence-electron chi connectivity index (χ2n) is 5.78. The van der Waals surface area contributed by atoms with E-state index in [-0.39, 0.29) is 0 Å². The quantitative estimate of drug-likeness (QED) is 0.659. The number of carbonyl (C=O) groups excluding carboxylic acids is 1. The maximum atomic E-state index is 11.5. The number of nitrogens with one attached hydrogen (secondary N) is 2. The number of hydrogen-bond acceptors (Lipinski definition) is 7. The first kappa shape index (κ1) is 14.8. The number of rotatable bonds is 5. The summed E-state index contributed by atoms with van der Waals surface area (Å²) in [5.74, 6) is 0.353. The number of hydrogen-bond donors (Lipinski definition) is 3. The molecule has 3 aromatic rings. The molecule has 0 atom stereocenters. The number of nitrogens with zero attached hydrogens (tertiary/aromatic N) is 3. The minimum Gasteiger partial charge on any atom is -0.367 e. The van der Waals surface area contributed by atoms with E-state index < -0.39 is 5.91 Å². The lowest BCUT2D eigenvalue weighted by atomic mass is 10.3. The second kappa shape index (κ2) is 5.72. The average molecular weight is 340 g/mol. The molecule has 7 nitrogen and oxygen atoms in total. The van der Waals surface area contributed by atoms with E-state index in [9.17, 15) is 4.79 Å². The molecular formula is C16H16N6OS. The average Bonchev–Trinajstić information content (AvgIpc) is 3.26. The minimum absolute atomic E-state index is 0.304. The fourth-order valence-electron chi connectivity index (χ4n) is 2.40. The molecule has 1 saturated carbocycles. The number of aromatic nitrogens is 3. The molecule has 1 amide bonds. The van der Waals surface area contributed by atoms with Crippen LogP contribution in [-0.2, 0) is 0 Å². The van der Waals surface area contributed by atoms with Gasteiger partial charge in [-0.3, -0.25) is 4.79 Å².